The van der Waals surface area contributed by atoms with Crippen molar-refractivity contribution in [1.29, 1.82) is 0 Å². The Kier molecular flexibility index (Phi) is 5.12. The summed E-state index contributed by atoms with van der Waals surface area (Å²) in [6.07, 6.45) is 0. The number of halogens is 2. The SMILES string of the molecule is Cc1ccc(F)cc1NC(=O)C(=O)NCc1ccc(Cl)cc1. The van der Waals surface area contributed by atoms with E-state index in [4.69, 9.17) is 11.6 Å². The fourth-order valence-corrected chi connectivity index (χ4v) is 1.90. The molecule has 0 spiro atoms. The van der Waals surface area contributed by atoms with Crippen LogP contribution in [0.25, 0.3) is 0 Å². The van der Waals surface area contributed by atoms with Gasteiger partial charge in [-0.3, -0.25) is 9.59 Å². The van der Waals surface area contributed by atoms with Crippen molar-refractivity contribution in [3.8, 4) is 0 Å². The van der Waals surface area contributed by atoms with Crippen LogP contribution >= 0.6 is 11.6 Å². The molecule has 6 heteroatoms. The normalized spacial score (nSPS) is 10.1. The monoisotopic (exact) mass is 320 g/mol. The molecule has 2 N–H and O–H groups in total. The molecular weight excluding hydrogens is 307 g/mol. The molecule has 0 aliphatic rings. The van der Waals surface area contributed by atoms with Crippen molar-refractivity contribution < 1.29 is 14.0 Å². The Morgan fingerprint density at radius 2 is 1.77 bits per heavy atom. The van der Waals surface area contributed by atoms with E-state index in [1.807, 2.05) is 0 Å². The lowest BCUT2D eigenvalue weighted by atomic mass is 10.2. The molecule has 22 heavy (non-hydrogen) atoms. The summed E-state index contributed by atoms with van der Waals surface area (Å²) < 4.78 is 13.1. The van der Waals surface area contributed by atoms with Crippen LogP contribution in [0.1, 0.15) is 11.1 Å². The van der Waals surface area contributed by atoms with Gasteiger partial charge in [-0.2, -0.15) is 0 Å². The van der Waals surface area contributed by atoms with Crippen molar-refractivity contribution in [2.24, 2.45) is 0 Å². The second-order valence-electron chi connectivity index (χ2n) is 4.72. The summed E-state index contributed by atoms with van der Waals surface area (Å²) >= 11 is 5.76. The largest absolute Gasteiger partial charge is 0.344 e. The Bertz CT molecular complexity index is 702. The first kappa shape index (κ1) is 16.0. The van der Waals surface area contributed by atoms with Crippen LogP contribution in [0.2, 0.25) is 5.02 Å². The van der Waals surface area contributed by atoms with Gasteiger partial charge in [-0.15, -0.1) is 0 Å². The van der Waals surface area contributed by atoms with Gasteiger partial charge in [0.25, 0.3) is 0 Å². The summed E-state index contributed by atoms with van der Waals surface area (Å²) in [5.74, 6) is -2.12. The first-order valence-corrected chi connectivity index (χ1v) is 6.93. The molecule has 0 radical (unpaired) electrons. The van der Waals surface area contributed by atoms with Crippen LogP contribution in [0.15, 0.2) is 42.5 Å². The zero-order valence-electron chi connectivity index (χ0n) is 11.8. The Hall–Kier alpha value is -2.40. The van der Waals surface area contributed by atoms with Gasteiger partial charge in [-0.1, -0.05) is 29.8 Å². The lowest BCUT2D eigenvalue weighted by Crippen LogP contribution is -2.35. The van der Waals surface area contributed by atoms with E-state index in [0.29, 0.717) is 10.6 Å². The van der Waals surface area contributed by atoms with Crippen LogP contribution < -0.4 is 10.6 Å². The van der Waals surface area contributed by atoms with Gasteiger partial charge in [-0.05, 0) is 42.3 Å². The van der Waals surface area contributed by atoms with Crippen molar-refractivity contribution >= 4 is 29.1 Å². The van der Waals surface area contributed by atoms with E-state index >= 15 is 0 Å². The second-order valence-corrected chi connectivity index (χ2v) is 5.16. The number of nitrogens with one attached hydrogen (secondary N) is 2. The van der Waals surface area contributed by atoms with Gasteiger partial charge in [0.1, 0.15) is 5.82 Å². The number of rotatable bonds is 3. The predicted molar refractivity (Wildman–Crippen MR) is 83.1 cm³/mol. The molecule has 0 aromatic heterocycles. The molecular formula is C16H14ClFN2O2. The molecule has 0 unspecified atom stereocenters. The van der Waals surface area contributed by atoms with E-state index < -0.39 is 17.6 Å². The maximum Gasteiger partial charge on any atom is 0.313 e. The standard InChI is InChI=1S/C16H14ClFN2O2/c1-10-2-7-13(18)8-14(10)20-16(22)15(21)19-9-11-3-5-12(17)6-4-11/h2-8H,9H2,1H3,(H,19,21)(H,20,22). The second kappa shape index (κ2) is 7.04. The molecule has 0 aliphatic heterocycles. The molecule has 2 amide bonds. The molecule has 2 aromatic carbocycles. The molecule has 2 rings (SSSR count). The van der Waals surface area contributed by atoms with E-state index in [1.54, 1.807) is 31.2 Å². The Labute approximate surface area is 132 Å². The maximum absolute atomic E-state index is 13.1. The summed E-state index contributed by atoms with van der Waals surface area (Å²) in [4.78, 5) is 23.5. The minimum atomic E-state index is -0.845. The van der Waals surface area contributed by atoms with Crippen LogP contribution in [0.5, 0.6) is 0 Å². The molecule has 0 saturated carbocycles. The van der Waals surface area contributed by atoms with Crippen molar-refractivity contribution in [2.45, 2.75) is 13.5 Å². The molecule has 0 aliphatic carbocycles. The third-order valence-corrected chi connectivity index (χ3v) is 3.27. The predicted octanol–water partition coefficient (Wildman–Crippen LogP) is 3.04. The molecule has 0 saturated heterocycles. The minimum Gasteiger partial charge on any atom is -0.344 e. The Morgan fingerprint density at radius 1 is 1.09 bits per heavy atom. The highest BCUT2D eigenvalue weighted by atomic mass is 35.5. The number of carbonyl (C=O) groups excluding carboxylic acids is 2. The van der Waals surface area contributed by atoms with Crippen molar-refractivity contribution in [3.05, 3.63) is 64.4 Å². The van der Waals surface area contributed by atoms with Gasteiger partial charge in [0.15, 0.2) is 0 Å². The number of amides is 2. The highest BCUT2D eigenvalue weighted by molar-refractivity contribution is 6.39. The van der Waals surface area contributed by atoms with Gasteiger partial charge >= 0.3 is 11.8 Å². The smallest absolute Gasteiger partial charge is 0.313 e. The van der Waals surface area contributed by atoms with E-state index in [2.05, 4.69) is 10.6 Å². The molecule has 0 fully saturated rings. The number of hydrogen-bond acceptors (Lipinski definition) is 2. The molecule has 2 aromatic rings. The third kappa shape index (κ3) is 4.30. The third-order valence-electron chi connectivity index (χ3n) is 3.02. The summed E-state index contributed by atoms with van der Waals surface area (Å²) in [5.41, 5.74) is 1.75. The van der Waals surface area contributed by atoms with Crippen LogP contribution in [0, 0.1) is 12.7 Å². The van der Waals surface area contributed by atoms with Crippen molar-refractivity contribution in [1.82, 2.24) is 5.32 Å². The van der Waals surface area contributed by atoms with Crippen LogP contribution in [-0.4, -0.2) is 11.8 Å². The minimum absolute atomic E-state index is 0.200. The lowest BCUT2D eigenvalue weighted by Gasteiger charge is -2.09. The molecule has 4 nitrogen and oxygen atoms in total. The zero-order valence-corrected chi connectivity index (χ0v) is 12.6. The van der Waals surface area contributed by atoms with Gasteiger partial charge in [-0.25, -0.2) is 4.39 Å². The van der Waals surface area contributed by atoms with Crippen LogP contribution in [0.3, 0.4) is 0 Å². The van der Waals surface area contributed by atoms with E-state index in [1.165, 1.54) is 18.2 Å². The van der Waals surface area contributed by atoms with Gasteiger partial charge in [0.05, 0.1) is 0 Å². The highest BCUT2D eigenvalue weighted by Gasteiger charge is 2.14. The van der Waals surface area contributed by atoms with Crippen molar-refractivity contribution in [3.63, 3.8) is 0 Å². The molecule has 114 valence electrons. The number of aryl methyl sites for hydroxylation is 1. The van der Waals surface area contributed by atoms with Crippen molar-refractivity contribution in [2.75, 3.05) is 5.32 Å². The van der Waals surface area contributed by atoms with E-state index in [-0.39, 0.29) is 12.2 Å². The van der Waals surface area contributed by atoms with Gasteiger partial charge in [0, 0.05) is 17.3 Å². The summed E-state index contributed by atoms with van der Waals surface area (Å²) in [7, 11) is 0. The first-order valence-electron chi connectivity index (χ1n) is 6.55. The quantitative estimate of drug-likeness (QED) is 0.854. The number of benzene rings is 2. The number of hydrogen-bond donors (Lipinski definition) is 2. The first-order chi connectivity index (χ1) is 10.5. The zero-order chi connectivity index (χ0) is 16.1. The Balaban J connectivity index is 1.93. The topological polar surface area (TPSA) is 58.2 Å². The fraction of sp³-hybridized carbons (Fsp3) is 0.125. The fourth-order valence-electron chi connectivity index (χ4n) is 1.77. The van der Waals surface area contributed by atoms with Crippen LogP contribution in [0.4, 0.5) is 10.1 Å². The van der Waals surface area contributed by atoms with Crippen LogP contribution in [-0.2, 0) is 16.1 Å². The van der Waals surface area contributed by atoms with E-state index in [9.17, 15) is 14.0 Å². The molecule has 0 atom stereocenters. The van der Waals surface area contributed by atoms with Gasteiger partial charge < -0.3 is 10.6 Å². The average Bonchev–Trinajstić information content (AvgIpc) is 2.50. The summed E-state index contributed by atoms with van der Waals surface area (Å²) in [6, 6.07) is 10.9. The summed E-state index contributed by atoms with van der Waals surface area (Å²) in [6.45, 7) is 1.91. The number of carbonyl (C=O) groups is 2. The Morgan fingerprint density at radius 3 is 2.45 bits per heavy atom. The number of anilines is 1. The highest BCUT2D eigenvalue weighted by Crippen LogP contribution is 2.15. The van der Waals surface area contributed by atoms with E-state index in [0.717, 1.165) is 5.56 Å². The molecule has 0 bridgehead atoms. The average molecular weight is 321 g/mol. The van der Waals surface area contributed by atoms with Gasteiger partial charge in [0.2, 0.25) is 0 Å². The molecule has 0 heterocycles. The maximum atomic E-state index is 13.1. The lowest BCUT2D eigenvalue weighted by molar-refractivity contribution is -0.136. The summed E-state index contributed by atoms with van der Waals surface area (Å²) in [5, 5.41) is 5.46.